The first-order chi connectivity index (χ1) is 17.9. The molecule has 2 amide bonds. The predicted molar refractivity (Wildman–Crippen MR) is 143 cm³/mol. The van der Waals surface area contributed by atoms with Crippen LogP contribution in [-0.4, -0.2) is 26.2 Å². The topological polar surface area (TPSA) is 98.5 Å². The monoisotopic (exact) mass is 536 g/mol. The molecule has 0 saturated carbocycles. The van der Waals surface area contributed by atoms with E-state index in [1.807, 2.05) is 55.5 Å². The number of urea groups is 1. The van der Waals surface area contributed by atoms with Gasteiger partial charge in [0.1, 0.15) is 22.5 Å². The van der Waals surface area contributed by atoms with Gasteiger partial charge in [0.25, 0.3) is 0 Å². The van der Waals surface area contributed by atoms with Crippen LogP contribution in [0.2, 0.25) is 10.2 Å². The lowest BCUT2D eigenvalue weighted by Crippen LogP contribution is -2.39. The Labute approximate surface area is 222 Å². The summed E-state index contributed by atoms with van der Waals surface area (Å²) in [5.74, 6) is 0.0447. The number of halogens is 3. The minimum absolute atomic E-state index is 0.0243. The van der Waals surface area contributed by atoms with E-state index < -0.39 is 17.9 Å². The number of rotatable bonds is 7. The van der Waals surface area contributed by atoms with Gasteiger partial charge < -0.3 is 15.6 Å². The van der Waals surface area contributed by atoms with Gasteiger partial charge in [0.05, 0.1) is 11.6 Å². The normalized spacial score (nSPS) is 12.0. The van der Waals surface area contributed by atoms with Crippen molar-refractivity contribution in [1.82, 2.24) is 30.8 Å². The second-order valence-corrected chi connectivity index (χ2v) is 9.48. The van der Waals surface area contributed by atoms with Gasteiger partial charge in [0, 0.05) is 33.8 Å². The molecule has 0 unspecified atom stereocenters. The lowest BCUT2D eigenvalue weighted by Gasteiger charge is -2.18. The molecular weight excluding hydrogens is 514 g/mol. The number of fused-ring (bicyclic) bond motifs is 1. The largest absolute Gasteiger partial charge is 0.334 e. The van der Waals surface area contributed by atoms with Crippen LogP contribution in [0.3, 0.4) is 0 Å². The predicted octanol–water partition coefficient (Wildman–Crippen LogP) is 6.49. The maximum Gasteiger partial charge on any atom is 0.315 e. The molecule has 5 aromatic rings. The fourth-order valence-corrected chi connectivity index (χ4v) is 4.59. The first-order valence-electron chi connectivity index (χ1n) is 11.6. The van der Waals surface area contributed by atoms with E-state index in [2.05, 4.69) is 25.8 Å². The summed E-state index contributed by atoms with van der Waals surface area (Å²) in [4.78, 5) is 20.7. The van der Waals surface area contributed by atoms with Gasteiger partial charge in [-0.3, -0.25) is 5.10 Å². The molecule has 0 fully saturated rings. The minimum Gasteiger partial charge on any atom is -0.334 e. The number of aryl methyl sites for hydroxylation is 1. The zero-order valence-electron chi connectivity index (χ0n) is 19.8. The molecule has 1 atom stereocenters. The van der Waals surface area contributed by atoms with E-state index in [1.165, 1.54) is 18.2 Å². The van der Waals surface area contributed by atoms with Crippen molar-refractivity contribution in [1.29, 1.82) is 0 Å². The summed E-state index contributed by atoms with van der Waals surface area (Å²) in [5, 5.41) is 14.7. The third-order valence-electron chi connectivity index (χ3n) is 6.06. The van der Waals surface area contributed by atoms with Gasteiger partial charge in [-0.25, -0.2) is 14.2 Å². The Bertz CT molecular complexity index is 1570. The molecule has 2 aromatic heterocycles. The third-order valence-corrected chi connectivity index (χ3v) is 6.57. The summed E-state index contributed by atoms with van der Waals surface area (Å²) in [6.07, 6.45) is 0.459. The number of amides is 2. The number of nitrogens with zero attached hydrogens (tertiary/aromatic N) is 2. The number of carbonyl (C=O) groups is 1. The first kappa shape index (κ1) is 24.8. The molecule has 7 nitrogen and oxygen atoms in total. The molecule has 0 bridgehead atoms. The molecule has 0 spiro atoms. The number of aromatic nitrogens is 4. The van der Waals surface area contributed by atoms with Crippen molar-refractivity contribution in [3.8, 4) is 11.3 Å². The van der Waals surface area contributed by atoms with Crippen LogP contribution in [0.5, 0.6) is 0 Å². The lowest BCUT2D eigenvalue weighted by molar-refractivity contribution is 0.236. The van der Waals surface area contributed by atoms with Crippen LogP contribution in [0.15, 0.2) is 66.7 Å². The number of benzene rings is 3. The van der Waals surface area contributed by atoms with E-state index in [4.69, 9.17) is 28.2 Å². The number of carbonyl (C=O) groups excluding carboxylic acids is 1. The molecule has 5 rings (SSSR count). The average Bonchev–Trinajstić information content (AvgIpc) is 3.47. The lowest BCUT2D eigenvalue weighted by atomic mass is 10.1. The quantitative estimate of drug-likeness (QED) is 0.191. The van der Waals surface area contributed by atoms with Crippen LogP contribution >= 0.6 is 23.2 Å². The van der Waals surface area contributed by atoms with E-state index in [0.717, 1.165) is 27.7 Å². The smallest absolute Gasteiger partial charge is 0.315 e. The molecule has 3 aromatic carbocycles. The summed E-state index contributed by atoms with van der Waals surface area (Å²) in [5.41, 5.74) is 4.42. The van der Waals surface area contributed by atoms with Crippen molar-refractivity contribution < 1.29 is 9.18 Å². The molecule has 4 N–H and O–H groups in total. The highest BCUT2D eigenvalue weighted by atomic mass is 35.5. The Kier molecular flexibility index (Phi) is 7.12. The Morgan fingerprint density at radius 1 is 1.08 bits per heavy atom. The van der Waals surface area contributed by atoms with Crippen LogP contribution in [0.4, 0.5) is 9.18 Å². The van der Waals surface area contributed by atoms with Crippen molar-refractivity contribution in [2.75, 3.05) is 0 Å². The Morgan fingerprint density at radius 3 is 2.70 bits per heavy atom. The van der Waals surface area contributed by atoms with Gasteiger partial charge in [-0.2, -0.15) is 5.10 Å². The van der Waals surface area contributed by atoms with Crippen molar-refractivity contribution >= 4 is 40.1 Å². The van der Waals surface area contributed by atoms with Crippen LogP contribution in [0.25, 0.3) is 22.2 Å². The average molecular weight is 537 g/mol. The molecule has 0 aliphatic rings. The van der Waals surface area contributed by atoms with Crippen molar-refractivity contribution in [2.45, 2.75) is 25.9 Å². The molecule has 0 radical (unpaired) electrons. The summed E-state index contributed by atoms with van der Waals surface area (Å²) >= 11 is 12.5. The summed E-state index contributed by atoms with van der Waals surface area (Å²) < 4.78 is 14.1. The SMILES string of the molecule is Cc1[nH]nc2cc(-c3nc([C@H](Cc4ccccc4)NC(=O)NCc4cc(Cl)ccc4F)[nH]c3Cl)ccc12. The van der Waals surface area contributed by atoms with Gasteiger partial charge in [-0.15, -0.1) is 0 Å². The maximum absolute atomic E-state index is 14.1. The minimum atomic E-state index is -0.533. The van der Waals surface area contributed by atoms with Crippen molar-refractivity contribution in [3.63, 3.8) is 0 Å². The van der Waals surface area contributed by atoms with Gasteiger partial charge in [0.2, 0.25) is 0 Å². The third kappa shape index (κ3) is 5.60. The Morgan fingerprint density at radius 2 is 1.89 bits per heavy atom. The van der Waals surface area contributed by atoms with Crippen molar-refractivity contribution in [2.24, 2.45) is 0 Å². The van der Waals surface area contributed by atoms with E-state index in [0.29, 0.717) is 28.1 Å². The fourth-order valence-electron chi connectivity index (χ4n) is 4.15. The summed E-state index contributed by atoms with van der Waals surface area (Å²) in [7, 11) is 0. The zero-order chi connectivity index (χ0) is 25.9. The number of hydrogen-bond acceptors (Lipinski definition) is 3. The molecule has 10 heteroatoms. The highest BCUT2D eigenvalue weighted by Gasteiger charge is 2.22. The fraction of sp³-hybridized carbons (Fsp3) is 0.148. The summed E-state index contributed by atoms with van der Waals surface area (Å²) in [6, 6.07) is 18.7. The highest BCUT2D eigenvalue weighted by Crippen LogP contribution is 2.31. The van der Waals surface area contributed by atoms with Crippen molar-refractivity contribution in [3.05, 3.63) is 105 Å². The molecule has 0 aliphatic carbocycles. The van der Waals surface area contributed by atoms with Gasteiger partial charge in [-0.05, 0) is 43.2 Å². The Hall–Kier alpha value is -3.88. The second-order valence-electron chi connectivity index (χ2n) is 8.67. The molecule has 0 saturated heterocycles. The zero-order valence-corrected chi connectivity index (χ0v) is 21.3. The van der Waals surface area contributed by atoms with E-state index in [1.54, 1.807) is 0 Å². The van der Waals surface area contributed by atoms with E-state index >= 15 is 0 Å². The first-order valence-corrected chi connectivity index (χ1v) is 12.4. The maximum atomic E-state index is 14.1. The second kappa shape index (κ2) is 10.6. The van der Waals surface area contributed by atoms with Crippen LogP contribution in [0.1, 0.15) is 28.7 Å². The van der Waals surface area contributed by atoms with Crippen LogP contribution in [0, 0.1) is 12.7 Å². The van der Waals surface area contributed by atoms with Gasteiger partial charge >= 0.3 is 6.03 Å². The van der Waals surface area contributed by atoms with Gasteiger partial charge in [0.15, 0.2) is 0 Å². The molecule has 0 aliphatic heterocycles. The Balaban J connectivity index is 1.39. The van der Waals surface area contributed by atoms with Crippen LogP contribution in [-0.2, 0) is 13.0 Å². The molecule has 2 heterocycles. The van der Waals surface area contributed by atoms with Crippen LogP contribution < -0.4 is 10.6 Å². The number of imidazole rings is 1. The number of hydrogen-bond donors (Lipinski definition) is 4. The van der Waals surface area contributed by atoms with E-state index in [-0.39, 0.29) is 12.1 Å². The highest BCUT2D eigenvalue weighted by molar-refractivity contribution is 6.32. The van der Waals surface area contributed by atoms with Gasteiger partial charge in [-0.1, -0.05) is 65.7 Å². The number of aromatic amines is 2. The molecule has 188 valence electrons. The summed E-state index contributed by atoms with van der Waals surface area (Å²) in [6.45, 7) is 1.93. The number of nitrogens with one attached hydrogen (secondary N) is 4. The molecular formula is C27H23Cl2FN6O. The standard InChI is InChI=1S/C27H23Cl2FN6O/c1-15-20-9-7-17(13-22(20)36-35-15)24-25(29)34-26(33-24)23(11-16-5-3-2-4-6-16)32-27(37)31-14-18-12-19(28)8-10-21(18)30/h2-10,12-13,23H,11,14H2,1H3,(H,33,34)(H,35,36)(H2,31,32,37)/t23-/m0/s1. The van der Waals surface area contributed by atoms with E-state index in [9.17, 15) is 9.18 Å². The number of H-pyrrole nitrogens is 2. The molecule has 37 heavy (non-hydrogen) atoms.